The molecule has 0 spiro atoms. The molecule has 0 radical (unpaired) electrons. The van der Waals surface area contributed by atoms with Crippen molar-refractivity contribution in [3.8, 4) is 12.8 Å². The van der Waals surface area contributed by atoms with Crippen molar-refractivity contribution in [3.63, 3.8) is 0 Å². The maximum Gasteiger partial charge on any atom is -0.0264 e. The third-order valence-corrected chi connectivity index (χ3v) is 12.5. The lowest BCUT2D eigenvalue weighted by molar-refractivity contribution is -0.120. The van der Waals surface area contributed by atoms with Gasteiger partial charge in [-0.3, -0.25) is 0 Å². The number of rotatable bonds is 9. The molecule has 0 saturated heterocycles. The molecule has 4 aliphatic carbocycles. The molecule has 9 atom stereocenters. The van der Waals surface area contributed by atoms with Gasteiger partial charge in [-0.15, -0.1) is 12.8 Å². The average molecular weight is 557 g/mol. The number of hydrogen-bond acceptors (Lipinski definition) is 0. The van der Waals surface area contributed by atoms with Crippen LogP contribution in [0.25, 0.3) is 0 Å². The van der Waals surface area contributed by atoms with Gasteiger partial charge >= 0.3 is 0 Å². The quantitative estimate of drug-likeness (QED) is 0.248. The standard InChI is InChI=1S/C28H50.2C5H12.C2H2/c1-19(2)8-7-9-21(4)24-12-13-25-23-11-10-22-18-20(3)14-16-27(22,5)26(23)15-17-28(24,25)6;2*1-3-5-4-2;1-2/h19-26H,7-18H2,1-6H3;2*3-5H2,1-2H3;1-2H. The molecule has 0 nitrogen and oxygen atoms in total. The highest BCUT2D eigenvalue weighted by atomic mass is 14.6. The molecule has 0 heterocycles. The largest absolute Gasteiger partial charge is 0.124 e. The maximum atomic E-state index is 4.00. The van der Waals surface area contributed by atoms with Crippen molar-refractivity contribution in [1.29, 1.82) is 0 Å². The number of fused-ring (bicyclic) bond motifs is 5. The summed E-state index contributed by atoms with van der Waals surface area (Å²) >= 11 is 0. The Morgan fingerprint density at radius 2 is 1.20 bits per heavy atom. The second-order valence-electron chi connectivity index (χ2n) is 15.8. The monoisotopic (exact) mass is 557 g/mol. The van der Waals surface area contributed by atoms with Gasteiger partial charge in [0.05, 0.1) is 0 Å². The van der Waals surface area contributed by atoms with E-state index < -0.39 is 0 Å². The summed E-state index contributed by atoms with van der Waals surface area (Å²) in [6.07, 6.45) is 34.5. The van der Waals surface area contributed by atoms with Gasteiger partial charge in [0, 0.05) is 0 Å². The van der Waals surface area contributed by atoms with E-state index in [1.807, 2.05) is 0 Å². The average Bonchev–Trinajstić information content (AvgIpc) is 3.29. The first-order chi connectivity index (χ1) is 19.1. The fourth-order valence-electron chi connectivity index (χ4n) is 10.2. The molecule has 0 bridgehead atoms. The highest BCUT2D eigenvalue weighted by Gasteiger charge is 2.60. The fourth-order valence-corrected chi connectivity index (χ4v) is 10.2. The highest BCUT2D eigenvalue weighted by molar-refractivity contribution is 5.09. The Balaban J connectivity index is 0.000000568. The molecule has 0 amide bonds. The Morgan fingerprint density at radius 3 is 1.73 bits per heavy atom. The predicted molar refractivity (Wildman–Crippen MR) is 183 cm³/mol. The Hall–Kier alpha value is -0.440. The van der Waals surface area contributed by atoms with Crippen molar-refractivity contribution in [3.05, 3.63) is 0 Å². The van der Waals surface area contributed by atoms with Gasteiger partial charge in [-0.05, 0) is 110 Å². The molecule has 4 rings (SSSR count). The molecule has 0 aromatic heterocycles. The van der Waals surface area contributed by atoms with E-state index in [0.717, 1.165) is 47.3 Å². The lowest BCUT2D eigenvalue weighted by Gasteiger charge is -2.61. The SMILES string of the molecule is C#C.CC(C)CCCC(C)C1CCC2C3CCC4CC(C)CCC4(C)C3CCC12C.CCCCC.CCCCC. The van der Waals surface area contributed by atoms with E-state index in [0.29, 0.717) is 10.8 Å². The van der Waals surface area contributed by atoms with Crippen molar-refractivity contribution < 1.29 is 0 Å². The van der Waals surface area contributed by atoms with Crippen molar-refractivity contribution in [2.75, 3.05) is 0 Å². The molecule has 0 heteroatoms. The first kappa shape index (κ1) is 37.6. The highest BCUT2D eigenvalue weighted by Crippen LogP contribution is 2.68. The van der Waals surface area contributed by atoms with Crippen LogP contribution in [0.15, 0.2) is 0 Å². The van der Waals surface area contributed by atoms with E-state index in [-0.39, 0.29) is 0 Å². The van der Waals surface area contributed by atoms with Crippen molar-refractivity contribution >= 4 is 0 Å². The molecular weight excluding hydrogens is 480 g/mol. The normalized spacial score (nSPS) is 36.7. The molecule has 0 aliphatic heterocycles. The minimum atomic E-state index is 0.670. The van der Waals surface area contributed by atoms with Crippen LogP contribution in [0.2, 0.25) is 0 Å². The van der Waals surface area contributed by atoms with Gasteiger partial charge in [-0.1, -0.05) is 133 Å². The summed E-state index contributed by atoms with van der Waals surface area (Å²) in [5.41, 5.74) is 1.36. The van der Waals surface area contributed by atoms with Gasteiger partial charge < -0.3 is 0 Å². The zero-order valence-electron chi connectivity index (χ0n) is 29.5. The third-order valence-electron chi connectivity index (χ3n) is 12.5. The van der Waals surface area contributed by atoms with E-state index in [1.54, 1.807) is 44.9 Å². The fraction of sp³-hybridized carbons (Fsp3) is 0.950. The van der Waals surface area contributed by atoms with Gasteiger partial charge in [0.25, 0.3) is 0 Å². The van der Waals surface area contributed by atoms with E-state index in [9.17, 15) is 0 Å². The summed E-state index contributed by atoms with van der Waals surface area (Å²) in [4.78, 5) is 0. The van der Waals surface area contributed by atoms with Crippen LogP contribution in [-0.2, 0) is 0 Å². The second-order valence-corrected chi connectivity index (χ2v) is 15.8. The molecule has 236 valence electrons. The molecule has 0 aromatic carbocycles. The lowest BCUT2D eigenvalue weighted by Crippen LogP contribution is -2.53. The van der Waals surface area contributed by atoms with Crippen LogP contribution in [0.3, 0.4) is 0 Å². The summed E-state index contributed by atoms with van der Waals surface area (Å²) in [5.74, 6) is 8.08. The molecule has 4 saturated carbocycles. The van der Waals surface area contributed by atoms with E-state index >= 15 is 0 Å². The smallest absolute Gasteiger partial charge is 0.0264 e. The Labute approximate surface area is 255 Å². The summed E-state index contributed by atoms with van der Waals surface area (Å²) < 4.78 is 0. The summed E-state index contributed by atoms with van der Waals surface area (Å²) in [7, 11) is 0. The van der Waals surface area contributed by atoms with Crippen LogP contribution in [-0.4, -0.2) is 0 Å². The van der Waals surface area contributed by atoms with Gasteiger partial charge in [0.1, 0.15) is 0 Å². The zero-order chi connectivity index (χ0) is 30.3. The Kier molecular flexibility index (Phi) is 17.8. The maximum absolute atomic E-state index is 4.00. The predicted octanol–water partition coefficient (Wildman–Crippen LogP) is 13.4. The van der Waals surface area contributed by atoms with Crippen LogP contribution in [0.1, 0.15) is 185 Å². The Bertz CT molecular complexity index is 648. The van der Waals surface area contributed by atoms with Crippen molar-refractivity contribution in [1.82, 2.24) is 0 Å². The molecular formula is C40H76. The van der Waals surface area contributed by atoms with E-state index in [4.69, 9.17) is 0 Å². The molecule has 0 aromatic rings. The molecule has 40 heavy (non-hydrogen) atoms. The number of unbranched alkanes of at least 4 members (excludes halogenated alkanes) is 4. The van der Waals surface area contributed by atoms with Crippen molar-refractivity contribution in [2.45, 2.75) is 185 Å². The number of hydrogen-bond donors (Lipinski definition) is 0. The molecule has 9 unspecified atom stereocenters. The van der Waals surface area contributed by atoms with Crippen LogP contribution in [0, 0.1) is 71.0 Å². The van der Waals surface area contributed by atoms with Crippen LogP contribution in [0.5, 0.6) is 0 Å². The van der Waals surface area contributed by atoms with Crippen LogP contribution >= 0.6 is 0 Å². The van der Waals surface area contributed by atoms with Gasteiger partial charge in [-0.2, -0.15) is 0 Å². The van der Waals surface area contributed by atoms with Crippen LogP contribution < -0.4 is 0 Å². The second kappa shape index (κ2) is 19.0. The minimum Gasteiger partial charge on any atom is -0.124 e. The van der Waals surface area contributed by atoms with Gasteiger partial charge in [-0.25, -0.2) is 0 Å². The lowest BCUT2D eigenvalue weighted by atomic mass is 9.44. The summed E-state index contributed by atoms with van der Waals surface area (Å²) in [5, 5.41) is 0. The molecule has 4 fully saturated rings. The topological polar surface area (TPSA) is 0 Å². The Morgan fingerprint density at radius 1 is 0.650 bits per heavy atom. The zero-order valence-corrected chi connectivity index (χ0v) is 29.5. The molecule has 0 N–H and O–H groups in total. The third kappa shape index (κ3) is 9.80. The minimum absolute atomic E-state index is 0.670. The van der Waals surface area contributed by atoms with Crippen molar-refractivity contribution in [2.24, 2.45) is 58.2 Å². The van der Waals surface area contributed by atoms with Gasteiger partial charge in [0.2, 0.25) is 0 Å². The summed E-state index contributed by atoms with van der Waals surface area (Å²) in [6, 6.07) is 0. The number of terminal acetylenes is 1. The molecule has 4 aliphatic rings. The first-order valence-corrected chi connectivity index (χ1v) is 18.4. The first-order valence-electron chi connectivity index (χ1n) is 18.4. The van der Waals surface area contributed by atoms with Gasteiger partial charge in [0.15, 0.2) is 0 Å². The summed E-state index contributed by atoms with van der Waals surface area (Å²) in [6.45, 7) is 24.3. The van der Waals surface area contributed by atoms with Crippen LogP contribution in [0.4, 0.5) is 0 Å². The van der Waals surface area contributed by atoms with E-state index in [2.05, 4.69) is 82.1 Å². The van der Waals surface area contributed by atoms with E-state index in [1.165, 1.54) is 70.6 Å².